The molecule has 0 saturated carbocycles. The minimum Gasteiger partial charge on any atom is -0.478 e. The number of carboxylic acid groups (broad SMARTS) is 1. The topological polar surface area (TPSA) is 89.3 Å². The van der Waals surface area contributed by atoms with Gasteiger partial charge in [0.1, 0.15) is 15.4 Å². The van der Waals surface area contributed by atoms with Crippen LogP contribution >= 0.6 is 0 Å². The van der Waals surface area contributed by atoms with E-state index in [0.717, 1.165) is 0 Å². The van der Waals surface area contributed by atoms with Crippen LogP contribution in [0, 0.1) is 13.8 Å². The normalized spacial score (nSPS) is 11.7. The summed E-state index contributed by atoms with van der Waals surface area (Å²) in [6.45, 7) is 5.34. The molecule has 0 saturated heterocycles. The molecule has 1 heterocycles. The van der Waals surface area contributed by atoms with Gasteiger partial charge >= 0.3 is 5.97 Å². The highest BCUT2D eigenvalue weighted by Gasteiger charge is 2.17. The van der Waals surface area contributed by atoms with E-state index in [9.17, 15) is 13.2 Å². The summed E-state index contributed by atoms with van der Waals surface area (Å²) in [6, 6.07) is 0. The second-order valence-electron chi connectivity index (χ2n) is 4.16. The highest BCUT2D eigenvalue weighted by molar-refractivity contribution is 7.91. The molecule has 0 unspecified atom stereocenters. The second-order valence-corrected chi connectivity index (χ2v) is 6.64. The molecular weight excluding hydrogens is 256 g/mol. The van der Waals surface area contributed by atoms with Crippen LogP contribution in [0.3, 0.4) is 0 Å². The number of hydrogen-bond acceptors (Lipinski definition) is 4. The van der Waals surface area contributed by atoms with Crippen molar-refractivity contribution >= 4 is 15.8 Å². The van der Waals surface area contributed by atoms with Crippen molar-refractivity contribution in [3.05, 3.63) is 17.0 Å². The third-order valence-electron chi connectivity index (χ3n) is 2.86. The number of nitrogens with zero attached hydrogens (tertiary/aromatic N) is 2. The molecule has 0 fully saturated rings. The molecule has 1 aromatic heterocycles. The predicted molar refractivity (Wildman–Crippen MR) is 67.6 cm³/mol. The van der Waals surface area contributed by atoms with Crippen LogP contribution in [-0.2, 0) is 16.4 Å². The fraction of sp³-hybridized carbons (Fsp3) is 0.636. The first-order chi connectivity index (χ1) is 8.28. The highest BCUT2D eigenvalue weighted by atomic mass is 32.2. The van der Waals surface area contributed by atoms with E-state index in [1.54, 1.807) is 25.5 Å². The number of carboxylic acids is 1. The van der Waals surface area contributed by atoms with Crippen molar-refractivity contribution in [3.8, 4) is 0 Å². The molecule has 0 amide bonds. The number of aromatic nitrogens is 2. The maximum Gasteiger partial charge on any atom is 0.339 e. The molecule has 0 aliphatic rings. The van der Waals surface area contributed by atoms with Gasteiger partial charge in [0.05, 0.1) is 17.1 Å². The molecule has 1 N–H and O–H groups in total. The predicted octanol–water partition coefficient (Wildman–Crippen LogP) is 1.02. The fourth-order valence-corrected chi connectivity index (χ4v) is 2.66. The lowest BCUT2D eigenvalue weighted by atomic mass is 10.2. The number of hydrogen-bond donors (Lipinski definition) is 1. The smallest absolute Gasteiger partial charge is 0.339 e. The van der Waals surface area contributed by atoms with E-state index in [1.165, 1.54) is 0 Å². The van der Waals surface area contributed by atoms with E-state index in [2.05, 4.69) is 5.10 Å². The molecule has 0 aromatic carbocycles. The number of carbonyl (C=O) groups is 1. The van der Waals surface area contributed by atoms with E-state index in [0.29, 0.717) is 24.4 Å². The Labute approximate surface area is 107 Å². The summed E-state index contributed by atoms with van der Waals surface area (Å²) in [5, 5.41) is 13.1. The van der Waals surface area contributed by atoms with Gasteiger partial charge in [0, 0.05) is 12.3 Å². The summed E-state index contributed by atoms with van der Waals surface area (Å²) in [4.78, 5) is 11.0. The summed E-state index contributed by atoms with van der Waals surface area (Å²) < 4.78 is 24.2. The van der Waals surface area contributed by atoms with Gasteiger partial charge in [0.15, 0.2) is 0 Å². The summed E-state index contributed by atoms with van der Waals surface area (Å²) in [7, 11) is -2.98. The van der Waals surface area contributed by atoms with Gasteiger partial charge in [-0.25, -0.2) is 13.2 Å². The maximum absolute atomic E-state index is 11.3. The molecule has 18 heavy (non-hydrogen) atoms. The van der Waals surface area contributed by atoms with Gasteiger partial charge in [0.25, 0.3) is 0 Å². The summed E-state index contributed by atoms with van der Waals surface area (Å²) in [5.74, 6) is -0.771. The van der Waals surface area contributed by atoms with Crippen LogP contribution in [0.1, 0.15) is 35.1 Å². The van der Waals surface area contributed by atoms with Gasteiger partial charge in [-0.15, -0.1) is 0 Å². The van der Waals surface area contributed by atoms with Gasteiger partial charge in [-0.3, -0.25) is 4.68 Å². The van der Waals surface area contributed by atoms with Crippen LogP contribution in [0.25, 0.3) is 0 Å². The number of aryl methyl sites for hydroxylation is 2. The van der Waals surface area contributed by atoms with Gasteiger partial charge in [-0.05, 0) is 20.3 Å². The molecule has 6 nitrogen and oxygen atoms in total. The molecule has 0 bridgehead atoms. The van der Waals surface area contributed by atoms with Crippen LogP contribution in [0.4, 0.5) is 0 Å². The minimum absolute atomic E-state index is 0.101. The largest absolute Gasteiger partial charge is 0.478 e. The third-order valence-corrected chi connectivity index (χ3v) is 4.65. The molecular formula is C11H18N2O4S. The van der Waals surface area contributed by atoms with Crippen LogP contribution in [0.2, 0.25) is 0 Å². The van der Waals surface area contributed by atoms with Gasteiger partial charge in [0.2, 0.25) is 0 Å². The Hall–Kier alpha value is -1.37. The molecule has 7 heteroatoms. The van der Waals surface area contributed by atoms with Crippen LogP contribution in [0.5, 0.6) is 0 Å². The zero-order chi connectivity index (χ0) is 13.9. The first-order valence-corrected chi connectivity index (χ1v) is 7.58. The van der Waals surface area contributed by atoms with E-state index in [-0.39, 0.29) is 17.1 Å². The van der Waals surface area contributed by atoms with E-state index >= 15 is 0 Å². The Morgan fingerprint density at radius 2 is 2.00 bits per heavy atom. The van der Waals surface area contributed by atoms with Crippen molar-refractivity contribution in [1.82, 2.24) is 9.78 Å². The Bertz CT molecular complexity index is 546. The van der Waals surface area contributed by atoms with Gasteiger partial charge in [-0.2, -0.15) is 5.10 Å². The van der Waals surface area contributed by atoms with E-state index in [4.69, 9.17) is 5.11 Å². The van der Waals surface area contributed by atoms with Crippen LogP contribution in [0.15, 0.2) is 0 Å². The molecule has 1 aromatic rings. The molecule has 0 aliphatic carbocycles. The first-order valence-electron chi connectivity index (χ1n) is 5.76. The van der Waals surface area contributed by atoms with Crippen molar-refractivity contribution in [2.45, 2.75) is 33.7 Å². The summed E-state index contributed by atoms with van der Waals surface area (Å²) in [5.41, 5.74) is 1.22. The lowest BCUT2D eigenvalue weighted by Gasteiger charge is -2.04. The Morgan fingerprint density at radius 1 is 1.39 bits per heavy atom. The van der Waals surface area contributed by atoms with Crippen molar-refractivity contribution in [1.29, 1.82) is 0 Å². The van der Waals surface area contributed by atoms with Crippen LogP contribution in [-0.4, -0.2) is 40.8 Å². The van der Waals surface area contributed by atoms with Crippen molar-refractivity contribution in [3.63, 3.8) is 0 Å². The third kappa shape index (κ3) is 3.32. The van der Waals surface area contributed by atoms with E-state index in [1.807, 2.05) is 0 Å². The van der Waals surface area contributed by atoms with Gasteiger partial charge < -0.3 is 5.11 Å². The average Bonchev–Trinajstić information content (AvgIpc) is 2.54. The molecule has 0 atom stereocenters. The van der Waals surface area contributed by atoms with E-state index < -0.39 is 15.8 Å². The SMILES string of the molecule is CCS(=O)(=O)CCCn1nc(C)c(C(=O)O)c1C. The molecule has 0 radical (unpaired) electrons. The summed E-state index contributed by atoms with van der Waals surface area (Å²) in [6.07, 6.45) is 0.442. The minimum atomic E-state index is -2.98. The lowest BCUT2D eigenvalue weighted by molar-refractivity contribution is 0.0695. The highest BCUT2D eigenvalue weighted by Crippen LogP contribution is 2.13. The Morgan fingerprint density at radius 3 is 2.44 bits per heavy atom. The second kappa shape index (κ2) is 5.51. The number of rotatable bonds is 6. The molecule has 102 valence electrons. The zero-order valence-electron chi connectivity index (χ0n) is 10.8. The molecule has 0 aliphatic heterocycles. The van der Waals surface area contributed by atoms with Crippen molar-refractivity contribution < 1.29 is 18.3 Å². The van der Waals surface area contributed by atoms with Crippen molar-refractivity contribution in [2.24, 2.45) is 0 Å². The summed E-state index contributed by atoms with van der Waals surface area (Å²) >= 11 is 0. The lowest BCUT2D eigenvalue weighted by Crippen LogP contribution is -2.12. The Balaban J connectivity index is 2.76. The van der Waals surface area contributed by atoms with Gasteiger partial charge in [-0.1, -0.05) is 6.92 Å². The monoisotopic (exact) mass is 274 g/mol. The standard InChI is InChI=1S/C11H18N2O4S/c1-4-18(16,17)7-5-6-13-9(3)10(11(14)15)8(2)12-13/h4-7H2,1-3H3,(H,14,15). The fourth-order valence-electron chi connectivity index (χ4n) is 1.80. The van der Waals surface area contributed by atoms with Crippen LogP contribution < -0.4 is 0 Å². The molecule has 1 rings (SSSR count). The maximum atomic E-state index is 11.3. The number of sulfone groups is 1. The quantitative estimate of drug-likeness (QED) is 0.836. The Kier molecular flexibility index (Phi) is 4.50. The number of aromatic carboxylic acids is 1. The first kappa shape index (κ1) is 14.7. The zero-order valence-corrected chi connectivity index (χ0v) is 11.6. The molecule has 0 spiro atoms. The van der Waals surface area contributed by atoms with Crippen molar-refractivity contribution in [2.75, 3.05) is 11.5 Å². The average molecular weight is 274 g/mol.